The molecule has 0 spiro atoms. The summed E-state index contributed by atoms with van der Waals surface area (Å²) >= 11 is 3.48. The SMILES string of the molecule is C[n+]1ccc2c(c1)[nH]c1cc(Br)ccc12.[Cl-]. The molecule has 3 rings (SSSR count). The molecule has 3 aromatic rings. The van der Waals surface area contributed by atoms with Crippen LogP contribution in [0.2, 0.25) is 0 Å². The van der Waals surface area contributed by atoms with E-state index in [4.69, 9.17) is 0 Å². The number of nitrogens with one attached hydrogen (secondary N) is 1. The normalized spacial score (nSPS) is 10.6. The molecule has 0 aliphatic rings. The fourth-order valence-electron chi connectivity index (χ4n) is 1.93. The second-order valence-electron chi connectivity index (χ2n) is 3.75. The summed E-state index contributed by atoms with van der Waals surface area (Å²) in [5, 5.41) is 2.55. The van der Waals surface area contributed by atoms with Gasteiger partial charge in [0.25, 0.3) is 0 Å². The van der Waals surface area contributed by atoms with Crippen LogP contribution in [0.3, 0.4) is 0 Å². The lowest BCUT2D eigenvalue weighted by Gasteiger charge is -1.90. The molecule has 0 aliphatic heterocycles. The van der Waals surface area contributed by atoms with Crippen LogP contribution in [-0.2, 0) is 7.05 Å². The number of H-pyrrole nitrogens is 1. The zero-order valence-electron chi connectivity index (χ0n) is 8.67. The second kappa shape index (κ2) is 4.07. The number of halogens is 2. The van der Waals surface area contributed by atoms with E-state index in [-0.39, 0.29) is 12.4 Å². The van der Waals surface area contributed by atoms with Crippen LogP contribution in [0.1, 0.15) is 0 Å². The summed E-state index contributed by atoms with van der Waals surface area (Å²) in [4.78, 5) is 3.41. The third-order valence-corrected chi connectivity index (χ3v) is 3.13. The van der Waals surface area contributed by atoms with Gasteiger partial charge in [-0.1, -0.05) is 22.0 Å². The van der Waals surface area contributed by atoms with Crippen LogP contribution in [0, 0.1) is 0 Å². The predicted octanol–water partition coefficient (Wildman–Crippen LogP) is -0.0879. The minimum absolute atomic E-state index is 0. The molecule has 1 N–H and O–H groups in total. The molecule has 0 saturated carbocycles. The van der Waals surface area contributed by atoms with Crippen LogP contribution in [0.25, 0.3) is 21.8 Å². The Morgan fingerprint density at radius 3 is 2.69 bits per heavy atom. The summed E-state index contributed by atoms with van der Waals surface area (Å²) in [6.45, 7) is 0. The number of rotatable bonds is 0. The second-order valence-corrected chi connectivity index (χ2v) is 4.67. The Bertz CT molecular complexity index is 604. The topological polar surface area (TPSA) is 19.7 Å². The number of pyridine rings is 1. The van der Waals surface area contributed by atoms with Crippen LogP contribution < -0.4 is 17.0 Å². The first kappa shape index (κ1) is 11.4. The number of hydrogen-bond donors (Lipinski definition) is 1. The van der Waals surface area contributed by atoms with Gasteiger partial charge < -0.3 is 17.4 Å². The highest BCUT2D eigenvalue weighted by Crippen LogP contribution is 2.26. The molecule has 4 heteroatoms. The number of hydrogen-bond acceptors (Lipinski definition) is 0. The molecule has 0 radical (unpaired) electrons. The maximum Gasteiger partial charge on any atom is 0.192 e. The maximum absolute atomic E-state index is 3.48. The van der Waals surface area contributed by atoms with E-state index in [9.17, 15) is 0 Å². The molecule has 0 atom stereocenters. The maximum atomic E-state index is 3.48. The Morgan fingerprint density at radius 2 is 1.88 bits per heavy atom. The Balaban J connectivity index is 0.000000963. The fraction of sp³-hybridized carbons (Fsp3) is 0.0833. The summed E-state index contributed by atoms with van der Waals surface area (Å²) in [5.74, 6) is 0. The van der Waals surface area contributed by atoms with Gasteiger partial charge >= 0.3 is 0 Å². The molecule has 1 aromatic carbocycles. The number of aromatic nitrogens is 2. The van der Waals surface area contributed by atoms with Crippen molar-refractivity contribution in [2.24, 2.45) is 7.05 Å². The van der Waals surface area contributed by atoms with Gasteiger partial charge in [-0.05, 0) is 12.1 Å². The summed E-state index contributed by atoms with van der Waals surface area (Å²) < 4.78 is 3.15. The van der Waals surface area contributed by atoms with E-state index < -0.39 is 0 Å². The van der Waals surface area contributed by atoms with Crippen molar-refractivity contribution in [2.75, 3.05) is 0 Å². The minimum Gasteiger partial charge on any atom is -1.00 e. The van der Waals surface area contributed by atoms with Crippen molar-refractivity contribution in [1.82, 2.24) is 4.98 Å². The molecule has 82 valence electrons. The van der Waals surface area contributed by atoms with Gasteiger partial charge in [-0.15, -0.1) is 0 Å². The Morgan fingerprint density at radius 1 is 1.12 bits per heavy atom. The first-order valence-electron chi connectivity index (χ1n) is 4.80. The summed E-state index contributed by atoms with van der Waals surface area (Å²) in [5.41, 5.74) is 2.35. The molecule has 2 nitrogen and oxygen atoms in total. The molecule has 0 bridgehead atoms. The van der Waals surface area contributed by atoms with E-state index in [1.807, 2.05) is 11.6 Å². The predicted molar refractivity (Wildman–Crippen MR) is 64.7 cm³/mol. The zero-order valence-corrected chi connectivity index (χ0v) is 11.0. The van der Waals surface area contributed by atoms with Gasteiger partial charge in [0.1, 0.15) is 12.6 Å². The number of fused-ring (bicyclic) bond motifs is 3. The van der Waals surface area contributed by atoms with Gasteiger partial charge in [0.2, 0.25) is 0 Å². The molecular weight excluding hydrogens is 288 g/mol. The highest BCUT2D eigenvalue weighted by atomic mass is 79.9. The van der Waals surface area contributed by atoms with E-state index in [1.54, 1.807) is 0 Å². The monoisotopic (exact) mass is 296 g/mol. The average molecular weight is 298 g/mol. The van der Waals surface area contributed by atoms with Gasteiger partial charge in [-0.3, -0.25) is 0 Å². The standard InChI is InChI=1S/C12H9BrN2.ClH/c1-15-5-4-10-9-3-2-8(13)6-11(9)14-12(10)7-15;/h2-7H,1H3;1H. The number of benzene rings is 1. The first-order chi connectivity index (χ1) is 7.24. The Labute approximate surface area is 108 Å². The molecular formula is C12H10BrClN2. The molecule has 0 saturated heterocycles. The first-order valence-corrected chi connectivity index (χ1v) is 5.59. The van der Waals surface area contributed by atoms with Crippen LogP contribution >= 0.6 is 15.9 Å². The van der Waals surface area contributed by atoms with E-state index >= 15 is 0 Å². The van der Waals surface area contributed by atoms with Crippen LogP contribution in [0.15, 0.2) is 41.1 Å². The van der Waals surface area contributed by atoms with Crippen molar-refractivity contribution in [3.8, 4) is 0 Å². The largest absolute Gasteiger partial charge is 1.00 e. The quantitative estimate of drug-likeness (QED) is 0.560. The van der Waals surface area contributed by atoms with Crippen LogP contribution in [0.4, 0.5) is 0 Å². The molecule has 2 aromatic heterocycles. The Hall–Kier alpha value is -1.06. The highest BCUT2D eigenvalue weighted by Gasteiger charge is 2.06. The van der Waals surface area contributed by atoms with Crippen LogP contribution in [-0.4, -0.2) is 4.98 Å². The fourth-order valence-corrected chi connectivity index (χ4v) is 2.29. The lowest BCUT2D eigenvalue weighted by Crippen LogP contribution is -3.00. The summed E-state index contributed by atoms with van der Waals surface area (Å²) in [6, 6.07) is 8.46. The molecule has 0 aliphatic carbocycles. The van der Waals surface area contributed by atoms with E-state index in [0.29, 0.717) is 0 Å². The van der Waals surface area contributed by atoms with Crippen molar-refractivity contribution in [3.63, 3.8) is 0 Å². The lowest BCUT2D eigenvalue weighted by molar-refractivity contribution is -0.670. The molecule has 0 fully saturated rings. The van der Waals surface area contributed by atoms with Crippen molar-refractivity contribution in [3.05, 3.63) is 41.1 Å². The van der Waals surface area contributed by atoms with E-state index in [1.165, 1.54) is 21.8 Å². The third kappa shape index (κ3) is 1.70. The van der Waals surface area contributed by atoms with Crippen molar-refractivity contribution in [1.29, 1.82) is 0 Å². The van der Waals surface area contributed by atoms with Gasteiger partial charge in [0.05, 0.1) is 0 Å². The minimum atomic E-state index is 0. The Kier molecular flexibility index (Phi) is 2.91. The lowest BCUT2D eigenvalue weighted by atomic mass is 10.2. The van der Waals surface area contributed by atoms with E-state index in [2.05, 4.69) is 57.6 Å². The average Bonchev–Trinajstić information content (AvgIpc) is 2.53. The molecule has 0 amide bonds. The number of aryl methyl sites for hydroxylation is 1. The van der Waals surface area contributed by atoms with Gasteiger partial charge in [-0.25, -0.2) is 4.57 Å². The molecule has 2 heterocycles. The number of nitrogens with zero attached hydrogens (tertiary/aromatic N) is 1. The van der Waals surface area contributed by atoms with E-state index in [0.717, 1.165) is 4.47 Å². The highest BCUT2D eigenvalue weighted by molar-refractivity contribution is 9.10. The number of aromatic amines is 1. The summed E-state index contributed by atoms with van der Waals surface area (Å²) in [7, 11) is 2.03. The van der Waals surface area contributed by atoms with Crippen molar-refractivity contribution in [2.45, 2.75) is 0 Å². The third-order valence-electron chi connectivity index (χ3n) is 2.64. The van der Waals surface area contributed by atoms with Crippen molar-refractivity contribution >= 4 is 37.7 Å². The molecule has 0 unspecified atom stereocenters. The smallest absolute Gasteiger partial charge is 0.192 e. The molecule has 16 heavy (non-hydrogen) atoms. The zero-order chi connectivity index (χ0) is 10.4. The van der Waals surface area contributed by atoms with Gasteiger partial charge in [0, 0.05) is 26.8 Å². The van der Waals surface area contributed by atoms with Gasteiger partial charge in [0.15, 0.2) is 12.4 Å². The summed E-state index contributed by atoms with van der Waals surface area (Å²) in [6.07, 6.45) is 4.17. The van der Waals surface area contributed by atoms with Gasteiger partial charge in [-0.2, -0.15) is 0 Å². The van der Waals surface area contributed by atoms with Crippen molar-refractivity contribution < 1.29 is 17.0 Å². The van der Waals surface area contributed by atoms with Crippen LogP contribution in [0.5, 0.6) is 0 Å².